The molecular weight excluding hydrogens is 220 g/mol. The Kier molecular flexibility index (Phi) is 4.46. The summed E-state index contributed by atoms with van der Waals surface area (Å²) in [5.41, 5.74) is 0.399. The van der Waals surface area contributed by atoms with Gasteiger partial charge in [-0.2, -0.15) is 0 Å². The predicted molar refractivity (Wildman–Crippen MR) is 62.7 cm³/mol. The lowest BCUT2D eigenvalue weighted by Gasteiger charge is -2.05. The molecule has 4 nitrogen and oxygen atoms in total. The van der Waals surface area contributed by atoms with Crippen LogP contribution in [0.2, 0.25) is 0 Å². The van der Waals surface area contributed by atoms with Crippen molar-refractivity contribution < 1.29 is 19.4 Å². The molecule has 1 aromatic rings. The first-order valence-corrected chi connectivity index (χ1v) is 5.24. The molecule has 17 heavy (non-hydrogen) atoms. The minimum absolute atomic E-state index is 0.0188. The van der Waals surface area contributed by atoms with Gasteiger partial charge < -0.3 is 9.84 Å². The zero-order valence-electron chi connectivity index (χ0n) is 9.77. The molecule has 1 aromatic carbocycles. The first-order chi connectivity index (χ1) is 8.07. The van der Waals surface area contributed by atoms with Gasteiger partial charge in [-0.3, -0.25) is 4.79 Å². The number of rotatable bonds is 4. The molecule has 90 valence electrons. The average molecular weight is 234 g/mol. The quantitative estimate of drug-likeness (QED) is 0.375. The molecule has 0 radical (unpaired) electrons. The lowest BCUT2D eigenvalue weighted by molar-refractivity contribution is -0.141. The molecule has 0 aromatic heterocycles. The van der Waals surface area contributed by atoms with Crippen molar-refractivity contribution in [1.29, 1.82) is 0 Å². The summed E-state index contributed by atoms with van der Waals surface area (Å²) < 4.78 is 4.61. The van der Waals surface area contributed by atoms with Gasteiger partial charge >= 0.3 is 5.97 Å². The maximum Gasteiger partial charge on any atom is 0.373 e. The van der Waals surface area contributed by atoms with Crippen molar-refractivity contribution in [2.45, 2.75) is 13.8 Å². The molecule has 0 atom stereocenters. The van der Waals surface area contributed by atoms with Crippen LogP contribution < -0.4 is 0 Å². The van der Waals surface area contributed by atoms with Crippen molar-refractivity contribution in [3.05, 3.63) is 47.2 Å². The van der Waals surface area contributed by atoms with Crippen LogP contribution in [0.4, 0.5) is 0 Å². The van der Waals surface area contributed by atoms with Gasteiger partial charge in [0.05, 0.1) is 6.61 Å². The van der Waals surface area contributed by atoms with Gasteiger partial charge in [-0.1, -0.05) is 30.3 Å². The number of hydrogen-bond acceptors (Lipinski definition) is 4. The maximum atomic E-state index is 11.9. The van der Waals surface area contributed by atoms with Crippen molar-refractivity contribution in [3.63, 3.8) is 0 Å². The topological polar surface area (TPSA) is 63.6 Å². The number of ketones is 1. The van der Waals surface area contributed by atoms with Crippen molar-refractivity contribution in [2.75, 3.05) is 6.61 Å². The molecule has 0 fully saturated rings. The fourth-order valence-electron chi connectivity index (χ4n) is 1.27. The fraction of sp³-hybridized carbons (Fsp3) is 0.231. The highest BCUT2D eigenvalue weighted by atomic mass is 16.5. The van der Waals surface area contributed by atoms with Crippen LogP contribution in [-0.4, -0.2) is 23.5 Å². The third-order valence-corrected chi connectivity index (χ3v) is 2.20. The second kappa shape index (κ2) is 5.84. The van der Waals surface area contributed by atoms with Crippen molar-refractivity contribution in [3.8, 4) is 0 Å². The Balaban J connectivity index is 2.96. The summed E-state index contributed by atoms with van der Waals surface area (Å²) in [4.78, 5) is 23.1. The normalized spacial score (nSPS) is 11.6. The lowest BCUT2D eigenvalue weighted by Crippen LogP contribution is -2.13. The van der Waals surface area contributed by atoms with Crippen molar-refractivity contribution >= 4 is 11.8 Å². The first kappa shape index (κ1) is 13.0. The highest BCUT2D eigenvalue weighted by molar-refractivity contribution is 6.11. The van der Waals surface area contributed by atoms with Gasteiger partial charge in [0, 0.05) is 11.1 Å². The van der Waals surface area contributed by atoms with E-state index in [1.54, 1.807) is 37.3 Å². The Morgan fingerprint density at radius 1 is 1.24 bits per heavy atom. The molecule has 1 N–H and O–H groups in total. The number of hydrogen-bond donors (Lipinski definition) is 1. The van der Waals surface area contributed by atoms with E-state index in [-0.39, 0.29) is 12.2 Å². The van der Waals surface area contributed by atoms with E-state index in [4.69, 9.17) is 0 Å². The Hall–Kier alpha value is -2.10. The third-order valence-electron chi connectivity index (χ3n) is 2.20. The van der Waals surface area contributed by atoms with Gasteiger partial charge in [0.15, 0.2) is 5.78 Å². The molecule has 0 amide bonds. The molecule has 0 aliphatic heterocycles. The number of ether oxygens (including phenoxy) is 1. The summed E-state index contributed by atoms with van der Waals surface area (Å²) in [6.45, 7) is 3.16. The summed E-state index contributed by atoms with van der Waals surface area (Å²) in [6.07, 6.45) is 0. The summed E-state index contributed by atoms with van der Waals surface area (Å²) >= 11 is 0. The first-order valence-electron chi connectivity index (χ1n) is 5.24. The number of esters is 1. The van der Waals surface area contributed by atoms with Crippen LogP contribution in [0.3, 0.4) is 0 Å². The summed E-state index contributed by atoms with van der Waals surface area (Å²) in [7, 11) is 0. The van der Waals surface area contributed by atoms with Crippen LogP contribution in [0.1, 0.15) is 24.2 Å². The Bertz CT molecular complexity index is 446. The number of Topliss-reactive ketones (excluding diaryl/α,β-unsaturated/α-hetero) is 1. The minimum Gasteiger partial charge on any atom is -0.502 e. The molecular formula is C13H14O4. The predicted octanol–water partition coefficient (Wildman–Crippen LogP) is 2.26. The Morgan fingerprint density at radius 3 is 2.35 bits per heavy atom. The van der Waals surface area contributed by atoms with Crippen LogP contribution >= 0.6 is 0 Å². The van der Waals surface area contributed by atoms with Gasteiger partial charge in [0.25, 0.3) is 0 Å². The van der Waals surface area contributed by atoms with Gasteiger partial charge in [-0.25, -0.2) is 4.79 Å². The molecule has 0 unspecified atom stereocenters. The van der Waals surface area contributed by atoms with E-state index < -0.39 is 17.5 Å². The maximum absolute atomic E-state index is 11.9. The highest BCUT2D eigenvalue weighted by Crippen LogP contribution is 2.11. The minimum atomic E-state index is -0.880. The SMILES string of the molecule is CCOC(=O)/C(O)=C(/C)C(=O)c1ccccc1. The fourth-order valence-corrected chi connectivity index (χ4v) is 1.27. The molecule has 0 bridgehead atoms. The van der Waals surface area contributed by atoms with Gasteiger partial charge in [-0.05, 0) is 13.8 Å². The van der Waals surface area contributed by atoms with E-state index in [9.17, 15) is 14.7 Å². The van der Waals surface area contributed by atoms with Gasteiger partial charge in [-0.15, -0.1) is 0 Å². The monoisotopic (exact) mass is 234 g/mol. The molecule has 1 rings (SSSR count). The van der Waals surface area contributed by atoms with Crippen molar-refractivity contribution in [1.82, 2.24) is 0 Å². The van der Waals surface area contributed by atoms with Crippen molar-refractivity contribution in [2.24, 2.45) is 0 Å². The van der Waals surface area contributed by atoms with Crippen LogP contribution in [0.5, 0.6) is 0 Å². The Labute approximate surface area is 99.5 Å². The molecule has 0 spiro atoms. The van der Waals surface area contributed by atoms with E-state index in [1.807, 2.05) is 0 Å². The van der Waals surface area contributed by atoms with E-state index in [2.05, 4.69) is 4.74 Å². The third kappa shape index (κ3) is 3.17. The summed E-state index contributed by atoms with van der Waals surface area (Å²) in [5.74, 6) is -1.91. The van der Waals surface area contributed by atoms with Crippen LogP contribution in [-0.2, 0) is 9.53 Å². The highest BCUT2D eigenvalue weighted by Gasteiger charge is 2.18. The largest absolute Gasteiger partial charge is 0.502 e. The molecule has 4 heteroatoms. The number of carbonyl (C=O) groups excluding carboxylic acids is 2. The van der Waals surface area contributed by atoms with Gasteiger partial charge in [0.2, 0.25) is 5.76 Å². The second-order valence-corrected chi connectivity index (χ2v) is 3.39. The van der Waals surface area contributed by atoms with E-state index in [1.165, 1.54) is 6.92 Å². The summed E-state index contributed by atoms with van der Waals surface area (Å²) in [6, 6.07) is 8.43. The van der Waals surface area contributed by atoms with E-state index >= 15 is 0 Å². The van der Waals surface area contributed by atoms with Crippen LogP contribution in [0, 0.1) is 0 Å². The van der Waals surface area contributed by atoms with E-state index in [0.29, 0.717) is 5.56 Å². The zero-order valence-corrected chi connectivity index (χ0v) is 9.77. The number of aliphatic hydroxyl groups is 1. The molecule has 0 aliphatic rings. The molecule has 0 heterocycles. The number of aliphatic hydroxyl groups excluding tert-OH is 1. The summed E-state index contributed by atoms with van der Waals surface area (Å²) in [5, 5.41) is 9.53. The van der Waals surface area contributed by atoms with E-state index in [0.717, 1.165) is 0 Å². The second-order valence-electron chi connectivity index (χ2n) is 3.39. The number of carbonyl (C=O) groups is 2. The Morgan fingerprint density at radius 2 is 1.82 bits per heavy atom. The smallest absolute Gasteiger partial charge is 0.373 e. The number of allylic oxidation sites excluding steroid dienone is 1. The van der Waals surface area contributed by atoms with Gasteiger partial charge in [0.1, 0.15) is 0 Å². The van der Waals surface area contributed by atoms with Crippen LogP contribution in [0.15, 0.2) is 41.7 Å². The average Bonchev–Trinajstić information content (AvgIpc) is 2.37. The lowest BCUT2D eigenvalue weighted by atomic mass is 10.0. The molecule has 0 saturated carbocycles. The molecule has 0 saturated heterocycles. The standard InChI is InChI=1S/C13H14O4/c1-3-17-13(16)12(15)9(2)11(14)10-7-5-4-6-8-10/h4-8,15H,3H2,1-2H3/b12-9+. The molecule has 0 aliphatic carbocycles. The van der Waals surface area contributed by atoms with Crippen LogP contribution in [0.25, 0.3) is 0 Å². The zero-order chi connectivity index (χ0) is 12.8. The number of benzene rings is 1.